The summed E-state index contributed by atoms with van der Waals surface area (Å²) >= 11 is 0. The van der Waals surface area contributed by atoms with Gasteiger partial charge >= 0.3 is 0 Å². The van der Waals surface area contributed by atoms with Crippen molar-refractivity contribution in [2.24, 2.45) is 0 Å². The van der Waals surface area contributed by atoms with E-state index in [4.69, 9.17) is 4.74 Å². The number of rotatable bonds is 8. The van der Waals surface area contributed by atoms with Gasteiger partial charge in [-0.1, -0.05) is 12.2 Å². The molecule has 1 rings (SSSR count). The largest absolute Gasteiger partial charge is 0.376 e. The first-order valence-corrected chi connectivity index (χ1v) is 5.53. The predicted molar refractivity (Wildman–Crippen MR) is 63.0 cm³/mol. The van der Waals surface area contributed by atoms with Gasteiger partial charge in [-0.15, -0.1) is 0 Å². The Morgan fingerprint density at radius 3 is 3.12 bits per heavy atom. The van der Waals surface area contributed by atoms with E-state index in [1.54, 1.807) is 6.33 Å². The fourth-order valence-corrected chi connectivity index (χ4v) is 1.28. The maximum Gasteiger partial charge on any atom is 0.140 e. The first-order valence-electron chi connectivity index (χ1n) is 5.53. The zero-order valence-corrected chi connectivity index (χ0v) is 10.1. The number of aryl methyl sites for hydroxylation is 1. The number of aromatic nitrogens is 3. The normalized spacial score (nSPS) is 10.6. The van der Waals surface area contributed by atoms with Crippen molar-refractivity contribution in [3.05, 3.63) is 24.3 Å². The molecule has 0 fully saturated rings. The van der Waals surface area contributed by atoms with Crippen LogP contribution in [0.2, 0.25) is 0 Å². The fraction of sp³-hybridized carbons (Fsp3) is 0.636. The molecule has 0 saturated carbocycles. The summed E-state index contributed by atoms with van der Waals surface area (Å²) in [6, 6.07) is 0. The summed E-state index contributed by atoms with van der Waals surface area (Å²) in [6.07, 6.45) is 1.58. The van der Waals surface area contributed by atoms with Gasteiger partial charge in [0.2, 0.25) is 0 Å². The van der Waals surface area contributed by atoms with Crippen LogP contribution in [0.5, 0.6) is 0 Å². The minimum Gasteiger partial charge on any atom is -0.376 e. The highest BCUT2D eigenvalue weighted by Crippen LogP contribution is 1.92. The summed E-state index contributed by atoms with van der Waals surface area (Å²) in [5, 5.41) is 7.35. The molecule has 0 amide bonds. The Hall–Kier alpha value is -1.20. The summed E-state index contributed by atoms with van der Waals surface area (Å²) in [5.41, 5.74) is 1.05. The molecule has 5 heteroatoms. The van der Waals surface area contributed by atoms with Gasteiger partial charge in [0, 0.05) is 13.1 Å². The highest BCUT2D eigenvalue weighted by atomic mass is 16.5. The van der Waals surface area contributed by atoms with Gasteiger partial charge in [-0.25, -0.2) is 9.67 Å². The van der Waals surface area contributed by atoms with Crippen LogP contribution in [0, 0.1) is 0 Å². The number of nitrogens with one attached hydrogen (secondary N) is 1. The minimum atomic E-state index is 0.632. The molecule has 0 spiro atoms. The third-order valence-corrected chi connectivity index (χ3v) is 2.05. The monoisotopic (exact) mass is 224 g/mol. The molecule has 1 N–H and O–H groups in total. The van der Waals surface area contributed by atoms with Gasteiger partial charge in [-0.3, -0.25) is 0 Å². The van der Waals surface area contributed by atoms with Crippen LogP contribution in [-0.4, -0.2) is 34.5 Å². The molecule has 1 aromatic heterocycles. The average Bonchev–Trinajstić information content (AvgIpc) is 2.70. The summed E-state index contributed by atoms with van der Waals surface area (Å²) < 4.78 is 7.24. The van der Waals surface area contributed by atoms with Crippen molar-refractivity contribution in [2.75, 3.05) is 19.8 Å². The summed E-state index contributed by atoms with van der Waals surface area (Å²) in [4.78, 5) is 4.17. The summed E-state index contributed by atoms with van der Waals surface area (Å²) in [7, 11) is 0. The van der Waals surface area contributed by atoms with Crippen LogP contribution in [0.15, 0.2) is 18.5 Å². The maximum atomic E-state index is 5.37. The molecule has 0 aromatic carbocycles. The van der Waals surface area contributed by atoms with E-state index >= 15 is 0 Å². The van der Waals surface area contributed by atoms with Gasteiger partial charge in [-0.05, 0) is 13.8 Å². The standard InChI is InChI=1S/C11H20N4O/c1-4-15-11(13-9-14-15)7-12-5-6-16-8-10(2)3/h9,12H,2,4-8H2,1,3H3. The van der Waals surface area contributed by atoms with E-state index < -0.39 is 0 Å². The third kappa shape index (κ3) is 4.55. The number of ether oxygens (including phenoxy) is 1. The lowest BCUT2D eigenvalue weighted by atomic mass is 10.4. The Bertz CT molecular complexity index is 322. The van der Waals surface area contributed by atoms with Crippen LogP contribution >= 0.6 is 0 Å². The Labute approximate surface area is 96.5 Å². The molecule has 1 heterocycles. The highest BCUT2D eigenvalue weighted by molar-refractivity contribution is 4.87. The molecule has 0 unspecified atom stereocenters. The lowest BCUT2D eigenvalue weighted by Crippen LogP contribution is -2.22. The first kappa shape index (κ1) is 12.9. The second-order valence-corrected chi connectivity index (χ2v) is 3.68. The van der Waals surface area contributed by atoms with Crippen molar-refractivity contribution in [1.29, 1.82) is 0 Å². The van der Waals surface area contributed by atoms with E-state index in [2.05, 4.69) is 22.0 Å². The molecule has 0 aliphatic rings. The fourth-order valence-electron chi connectivity index (χ4n) is 1.28. The minimum absolute atomic E-state index is 0.632. The van der Waals surface area contributed by atoms with Crippen LogP contribution in [0.3, 0.4) is 0 Å². The van der Waals surface area contributed by atoms with Crippen molar-refractivity contribution in [3.8, 4) is 0 Å². The van der Waals surface area contributed by atoms with E-state index in [1.165, 1.54) is 0 Å². The molecule has 90 valence electrons. The van der Waals surface area contributed by atoms with E-state index in [0.717, 1.165) is 31.0 Å². The summed E-state index contributed by atoms with van der Waals surface area (Å²) in [6.45, 7) is 11.5. The maximum absolute atomic E-state index is 5.37. The molecule has 5 nitrogen and oxygen atoms in total. The first-order chi connectivity index (χ1) is 7.74. The van der Waals surface area contributed by atoms with Crippen LogP contribution in [0.4, 0.5) is 0 Å². The number of hydrogen-bond acceptors (Lipinski definition) is 4. The molecule has 0 atom stereocenters. The van der Waals surface area contributed by atoms with Crippen molar-refractivity contribution >= 4 is 0 Å². The lowest BCUT2D eigenvalue weighted by molar-refractivity contribution is 0.157. The molecular weight excluding hydrogens is 204 g/mol. The van der Waals surface area contributed by atoms with Gasteiger partial charge < -0.3 is 10.1 Å². The zero-order chi connectivity index (χ0) is 11.8. The Balaban J connectivity index is 2.09. The predicted octanol–water partition coefficient (Wildman–Crippen LogP) is 0.980. The van der Waals surface area contributed by atoms with Gasteiger partial charge in [0.05, 0.1) is 19.8 Å². The molecule has 0 radical (unpaired) electrons. The van der Waals surface area contributed by atoms with E-state index in [0.29, 0.717) is 13.2 Å². The summed E-state index contributed by atoms with van der Waals surface area (Å²) in [5.74, 6) is 0.961. The second kappa shape index (κ2) is 7.14. The number of hydrogen-bond donors (Lipinski definition) is 1. The van der Waals surface area contributed by atoms with Crippen LogP contribution in [-0.2, 0) is 17.8 Å². The zero-order valence-electron chi connectivity index (χ0n) is 10.1. The number of nitrogens with zero attached hydrogens (tertiary/aromatic N) is 3. The molecular formula is C11H20N4O. The Kier molecular flexibility index (Phi) is 5.74. The van der Waals surface area contributed by atoms with Crippen molar-refractivity contribution in [1.82, 2.24) is 20.1 Å². The molecule has 0 bridgehead atoms. The molecule has 0 aliphatic carbocycles. The van der Waals surface area contributed by atoms with Crippen LogP contribution < -0.4 is 5.32 Å². The quantitative estimate of drug-likeness (QED) is 0.528. The van der Waals surface area contributed by atoms with E-state index in [-0.39, 0.29) is 0 Å². The van der Waals surface area contributed by atoms with Gasteiger partial charge in [-0.2, -0.15) is 5.10 Å². The molecule has 16 heavy (non-hydrogen) atoms. The molecule has 0 saturated heterocycles. The van der Waals surface area contributed by atoms with E-state index in [9.17, 15) is 0 Å². The van der Waals surface area contributed by atoms with E-state index in [1.807, 2.05) is 18.5 Å². The third-order valence-electron chi connectivity index (χ3n) is 2.05. The van der Waals surface area contributed by atoms with Gasteiger partial charge in [0.1, 0.15) is 12.2 Å². The Morgan fingerprint density at radius 1 is 1.62 bits per heavy atom. The second-order valence-electron chi connectivity index (χ2n) is 3.68. The average molecular weight is 224 g/mol. The van der Waals surface area contributed by atoms with Crippen LogP contribution in [0.25, 0.3) is 0 Å². The van der Waals surface area contributed by atoms with Gasteiger partial charge in [0.25, 0.3) is 0 Å². The smallest absolute Gasteiger partial charge is 0.140 e. The highest BCUT2D eigenvalue weighted by Gasteiger charge is 2.00. The van der Waals surface area contributed by atoms with Crippen LogP contribution in [0.1, 0.15) is 19.7 Å². The van der Waals surface area contributed by atoms with Crippen molar-refractivity contribution in [2.45, 2.75) is 26.9 Å². The Morgan fingerprint density at radius 2 is 2.44 bits per heavy atom. The molecule has 0 aliphatic heterocycles. The topological polar surface area (TPSA) is 52.0 Å². The molecule has 1 aromatic rings. The lowest BCUT2D eigenvalue weighted by Gasteiger charge is -2.06. The van der Waals surface area contributed by atoms with Gasteiger partial charge in [0.15, 0.2) is 0 Å². The van der Waals surface area contributed by atoms with Crippen molar-refractivity contribution < 1.29 is 4.74 Å². The SMILES string of the molecule is C=C(C)COCCNCc1ncnn1CC. The van der Waals surface area contributed by atoms with Crippen molar-refractivity contribution in [3.63, 3.8) is 0 Å².